The van der Waals surface area contributed by atoms with Crippen LogP contribution in [-0.2, 0) is 11.2 Å². The Bertz CT molecular complexity index is 509. The number of hydrogen-bond donors (Lipinski definition) is 2. The molecule has 0 radical (unpaired) electrons. The molecule has 0 spiro atoms. The fraction of sp³-hybridized carbons (Fsp3) is 0.778. The Morgan fingerprint density at radius 2 is 2.17 bits per heavy atom. The second-order valence-corrected chi connectivity index (χ2v) is 7.74. The number of nitrogens with one attached hydrogen (secondary N) is 2. The van der Waals surface area contributed by atoms with Crippen molar-refractivity contribution < 1.29 is 4.74 Å². The Hall–Kier alpha value is -1.14. The van der Waals surface area contributed by atoms with Crippen LogP contribution < -0.4 is 10.6 Å². The second-order valence-electron chi connectivity index (χ2n) is 6.68. The molecule has 1 fully saturated rings. The maximum Gasteiger partial charge on any atom is 0.191 e. The molecule has 1 aliphatic carbocycles. The van der Waals surface area contributed by atoms with Crippen LogP contribution in [0.2, 0.25) is 0 Å². The summed E-state index contributed by atoms with van der Waals surface area (Å²) >= 11 is 1.71. The molecule has 2 rings (SSSR count). The van der Waals surface area contributed by atoms with E-state index in [-0.39, 0.29) is 0 Å². The zero-order valence-corrected chi connectivity index (χ0v) is 16.2. The van der Waals surface area contributed by atoms with E-state index in [9.17, 15) is 0 Å². The van der Waals surface area contributed by atoms with Gasteiger partial charge < -0.3 is 15.4 Å². The smallest absolute Gasteiger partial charge is 0.191 e. The monoisotopic (exact) mass is 352 g/mol. The molecule has 5 nitrogen and oxygen atoms in total. The fourth-order valence-corrected chi connectivity index (χ4v) is 4.00. The minimum absolute atomic E-state index is 0.338. The summed E-state index contributed by atoms with van der Waals surface area (Å²) in [7, 11) is 1.79. The topological polar surface area (TPSA) is 58.5 Å². The third-order valence-electron chi connectivity index (χ3n) is 4.76. The number of hydrogen-bond acceptors (Lipinski definition) is 4. The van der Waals surface area contributed by atoms with E-state index >= 15 is 0 Å². The van der Waals surface area contributed by atoms with Crippen LogP contribution in [0, 0.1) is 12.3 Å². The quantitative estimate of drug-likeness (QED) is 0.529. The molecule has 0 bridgehead atoms. The molecule has 1 aromatic heterocycles. The van der Waals surface area contributed by atoms with Crippen LogP contribution in [-0.4, -0.2) is 44.3 Å². The highest BCUT2D eigenvalue weighted by Crippen LogP contribution is 2.41. The highest BCUT2D eigenvalue weighted by atomic mass is 32.1. The summed E-state index contributed by atoms with van der Waals surface area (Å²) in [6.45, 7) is 7.63. The molecule has 1 heterocycles. The third-order valence-corrected chi connectivity index (χ3v) is 5.58. The molecule has 1 aliphatic rings. The number of thiazole rings is 1. The number of aromatic nitrogens is 1. The van der Waals surface area contributed by atoms with Gasteiger partial charge in [-0.15, -0.1) is 11.3 Å². The second kappa shape index (κ2) is 9.99. The van der Waals surface area contributed by atoms with E-state index in [2.05, 4.69) is 27.9 Å². The molecule has 1 saturated carbocycles. The summed E-state index contributed by atoms with van der Waals surface area (Å²) in [4.78, 5) is 9.39. The van der Waals surface area contributed by atoms with Crippen LogP contribution in [0.25, 0.3) is 0 Å². The first-order valence-electron chi connectivity index (χ1n) is 9.09. The Morgan fingerprint density at radius 3 is 2.79 bits per heavy atom. The van der Waals surface area contributed by atoms with Crippen molar-refractivity contribution in [2.24, 2.45) is 10.4 Å². The van der Waals surface area contributed by atoms with E-state index in [4.69, 9.17) is 9.73 Å². The molecule has 2 N–H and O–H groups in total. The Balaban J connectivity index is 1.86. The summed E-state index contributed by atoms with van der Waals surface area (Å²) in [5.74, 6) is 0.924. The third kappa shape index (κ3) is 6.06. The van der Waals surface area contributed by atoms with Gasteiger partial charge in [0.1, 0.15) is 0 Å². The normalized spacial score (nSPS) is 17.2. The lowest BCUT2D eigenvalue weighted by Crippen LogP contribution is -2.39. The number of aliphatic imine (C=N–C) groups is 1. The van der Waals surface area contributed by atoms with Gasteiger partial charge in [-0.05, 0) is 38.5 Å². The lowest BCUT2D eigenvalue weighted by molar-refractivity contribution is 0.141. The molecule has 0 aromatic carbocycles. The minimum Gasteiger partial charge on any atom is -0.385 e. The van der Waals surface area contributed by atoms with Gasteiger partial charge >= 0.3 is 0 Å². The van der Waals surface area contributed by atoms with Gasteiger partial charge in [-0.2, -0.15) is 0 Å². The largest absolute Gasteiger partial charge is 0.385 e. The summed E-state index contributed by atoms with van der Waals surface area (Å²) in [5.41, 5.74) is 1.50. The van der Waals surface area contributed by atoms with Crippen LogP contribution in [0.1, 0.15) is 49.7 Å². The lowest BCUT2D eigenvalue weighted by Gasteiger charge is -2.27. The van der Waals surface area contributed by atoms with Gasteiger partial charge in [0, 0.05) is 45.2 Å². The lowest BCUT2D eigenvalue weighted by atomic mass is 9.83. The Morgan fingerprint density at radius 1 is 1.38 bits per heavy atom. The summed E-state index contributed by atoms with van der Waals surface area (Å²) < 4.78 is 5.31. The Labute approximate surface area is 150 Å². The number of rotatable bonds is 9. The van der Waals surface area contributed by atoms with Crippen molar-refractivity contribution in [2.45, 2.75) is 52.4 Å². The van der Waals surface area contributed by atoms with Crippen LogP contribution >= 0.6 is 11.3 Å². The van der Waals surface area contributed by atoms with Crippen molar-refractivity contribution in [1.82, 2.24) is 15.6 Å². The molecule has 0 unspecified atom stereocenters. The summed E-state index contributed by atoms with van der Waals surface area (Å²) in [6, 6.07) is 0. The molecule has 0 amide bonds. The van der Waals surface area contributed by atoms with E-state index in [1.807, 2.05) is 6.92 Å². The molecule has 136 valence electrons. The van der Waals surface area contributed by atoms with Gasteiger partial charge in [0.05, 0.1) is 10.7 Å². The summed E-state index contributed by atoms with van der Waals surface area (Å²) in [6.07, 6.45) is 7.25. The van der Waals surface area contributed by atoms with Crippen molar-refractivity contribution in [3.05, 3.63) is 16.1 Å². The van der Waals surface area contributed by atoms with Crippen LogP contribution in [0.5, 0.6) is 0 Å². The maximum absolute atomic E-state index is 5.31. The molecule has 24 heavy (non-hydrogen) atoms. The number of guanidine groups is 1. The van der Waals surface area contributed by atoms with E-state index in [1.54, 1.807) is 18.4 Å². The van der Waals surface area contributed by atoms with Gasteiger partial charge in [-0.3, -0.25) is 4.99 Å². The van der Waals surface area contributed by atoms with E-state index in [0.29, 0.717) is 5.41 Å². The van der Waals surface area contributed by atoms with E-state index in [1.165, 1.54) is 25.7 Å². The van der Waals surface area contributed by atoms with Crippen LogP contribution in [0.3, 0.4) is 0 Å². The number of aryl methyl sites for hydroxylation is 1. The minimum atomic E-state index is 0.338. The average Bonchev–Trinajstić information content (AvgIpc) is 3.20. The molecule has 6 heteroatoms. The molecular formula is C18H32N4OS. The van der Waals surface area contributed by atoms with Crippen molar-refractivity contribution in [3.8, 4) is 0 Å². The standard InChI is InChI=1S/C18H32N4OS/c1-4-19-17(20-11-7-16-13-24-15(2)22-16)21-14-18(10-12-23-3)8-5-6-9-18/h13H,4-12,14H2,1-3H3,(H2,19,20,21). The van der Waals surface area contributed by atoms with Gasteiger partial charge in [-0.25, -0.2) is 4.98 Å². The zero-order valence-electron chi connectivity index (χ0n) is 15.4. The SMILES string of the molecule is CCNC(=NCC1(CCOC)CCCC1)NCCc1csc(C)n1. The predicted molar refractivity (Wildman–Crippen MR) is 102 cm³/mol. The predicted octanol–water partition coefficient (Wildman–Crippen LogP) is 3.15. The zero-order chi connectivity index (χ0) is 17.3. The molecule has 0 saturated heterocycles. The van der Waals surface area contributed by atoms with E-state index < -0.39 is 0 Å². The molecule has 0 aliphatic heterocycles. The van der Waals surface area contributed by atoms with Crippen LogP contribution in [0.4, 0.5) is 0 Å². The maximum atomic E-state index is 5.31. The van der Waals surface area contributed by atoms with Crippen molar-refractivity contribution in [1.29, 1.82) is 0 Å². The van der Waals surface area contributed by atoms with E-state index in [0.717, 1.165) is 55.7 Å². The first-order chi connectivity index (χ1) is 11.7. The van der Waals surface area contributed by atoms with Gasteiger partial charge in [0.25, 0.3) is 0 Å². The molecule has 0 atom stereocenters. The van der Waals surface area contributed by atoms with Crippen LogP contribution in [0.15, 0.2) is 10.4 Å². The van der Waals surface area contributed by atoms with Crippen molar-refractivity contribution in [3.63, 3.8) is 0 Å². The first kappa shape index (κ1) is 19.2. The van der Waals surface area contributed by atoms with Crippen molar-refractivity contribution in [2.75, 3.05) is 33.4 Å². The number of methoxy groups -OCH3 is 1. The fourth-order valence-electron chi connectivity index (χ4n) is 3.35. The number of nitrogens with zero attached hydrogens (tertiary/aromatic N) is 2. The number of ether oxygens (including phenoxy) is 1. The van der Waals surface area contributed by atoms with Gasteiger partial charge in [-0.1, -0.05) is 12.8 Å². The van der Waals surface area contributed by atoms with Crippen molar-refractivity contribution >= 4 is 17.3 Å². The first-order valence-corrected chi connectivity index (χ1v) is 9.97. The molecule has 1 aromatic rings. The molecular weight excluding hydrogens is 320 g/mol. The van der Waals surface area contributed by atoms with Gasteiger partial charge in [0.15, 0.2) is 5.96 Å². The summed E-state index contributed by atoms with van der Waals surface area (Å²) in [5, 5.41) is 10.1. The Kier molecular flexibility index (Phi) is 7.99. The van der Waals surface area contributed by atoms with Gasteiger partial charge in [0.2, 0.25) is 0 Å². The highest BCUT2D eigenvalue weighted by molar-refractivity contribution is 7.09. The average molecular weight is 353 g/mol. The highest BCUT2D eigenvalue weighted by Gasteiger charge is 2.33.